The van der Waals surface area contributed by atoms with Gasteiger partial charge >= 0.3 is 0 Å². The Morgan fingerprint density at radius 2 is 2.18 bits per heavy atom. The third kappa shape index (κ3) is 2.83. The zero-order valence-electron chi connectivity index (χ0n) is 11.1. The third-order valence-corrected chi connectivity index (χ3v) is 4.85. The van der Waals surface area contributed by atoms with Crippen molar-refractivity contribution in [1.29, 1.82) is 0 Å². The highest BCUT2D eigenvalue weighted by Gasteiger charge is 2.53. The zero-order chi connectivity index (χ0) is 11.7. The minimum absolute atomic E-state index is 0.415. The second-order valence-electron chi connectivity index (χ2n) is 6.15. The van der Waals surface area contributed by atoms with Crippen LogP contribution < -0.4 is 5.32 Å². The molecule has 2 aliphatic carbocycles. The first-order chi connectivity index (χ1) is 8.32. The molecule has 0 aromatic heterocycles. The highest BCUT2D eigenvalue weighted by atomic mass is 16.5. The SMILES string of the molecule is CCN1CCOC(CNCC2(C3CC3)CC2)C1. The van der Waals surface area contributed by atoms with Gasteiger partial charge in [0.05, 0.1) is 12.7 Å². The van der Waals surface area contributed by atoms with Crippen LogP contribution in [-0.2, 0) is 4.74 Å². The molecule has 3 heteroatoms. The number of hydrogen-bond acceptors (Lipinski definition) is 3. The van der Waals surface area contributed by atoms with E-state index in [1.807, 2.05) is 0 Å². The molecule has 0 radical (unpaired) electrons. The third-order valence-electron chi connectivity index (χ3n) is 4.85. The lowest BCUT2D eigenvalue weighted by Crippen LogP contribution is -2.47. The second kappa shape index (κ2) is 4.87. The lowest BCUT2D eigenvalue weighted by Gasteiger charge is -2.32. The molecular formula is C14H26N2O. The van der Waals surface area contributed by atoms with Crippen molar-refractivity contribution in [1.82, 2.24) is 10.2 Å². The Labute approximate surface area is 105 Å². The second-order valence-corrected chi connectivity index (χ2v) is 6.15. The number of hydrogen-bond donors (Lipinski definition) is 1. The van der Waals surface area contributed by atoms with Gasteiger partial charge in [-0.15, -0.1) is 0 Å². The fraction of sp³-hybridized carbons (Fsp3) is 1.00. The Balaban J connectivity index is 1.36. The zero-order valence-corrected chi connectivity index (χ0v) is 11.1. The first-order valence-electron chi connectivity index (χ1n) is 7.37. The summed E-state index contributed by atoms with van der Waals surface area (Å²) in [6.45, 7) is 8.81. The topological polar surface area (TPSA) is 24.5 Å². The number of ether oxygens (including phenoxy) is 1. The summed E-state index contributed by atoms with van der Waals surface area (Å²) in [5, 5.41) is 3.67. The summed E-state index contributed by atoms with van der Waals surface area (Å²) >= 11 is 0. The molecule has 0 amide bonds. The van der Waals surface area contributed by atoms with Gasteiger partial charge in [-0.1, -0.05) is 6.92 Å². The van der Waals surface area contributed by atoms with Crippen molar-refractivity contribution < 1.29 is 4.74 Å². The van der Waals surface area contributed by atoms with Gasteiger partial charge in [-0.3, -0.25) is 4.90 Å². The Morgan fingerprint density at radius 1 is 1.35 bits per heavy atom. The molecule has 3 rings (SSSR count). The van der Waals surface area contributed by atoms with Gasteiger partial charge in [0.2, 0.25) is 0 Å². The standard InChI is InChI=1S/C14H26N2O/c1-2-16-7-8-17-13(10-16)9-15-11-14(5-6-14)12-3-4-12/h12-13,15H,2-11H2,1H3. The molecule has 1 aliphatic heterocycles. The Kier molecular flexibility index (Phi) is 3.42. The van der Waals surface area contributed by atoms with Gasteiger partial charge in [-0.05, 0) is 43.6 Å². The minimum atomic E-state index is 0.415. The van der Waals surface area contributed by atoms with E-state index in [0.29, 0.717) is 6.10 Å². The molecule has 2 saturated carbocycles. The van der Waals surface area contributed by atoms with Crippen molar-refractivity contribution in [3.63, 3.8) is 0 Å². The summed E-state index contributed by atoms with van der Waals surface area (Å²) < 4.78 is 5.82. The van der Waals surface area contributed by atoms with Crippen LogP contribution in [0.2, 0.25) is 0 Å². The average molecular weight is 238 g/mol. The monoisotopic (exact) mass is 238 g/mol. The van der Waals surface area contributed by atoms with Gasteiger partial charge in [0.15, 0.2) is 0 Å². The molecule has 0 aromatic carbocycles. The van der Waals surface area contributed by atoms with E-state index in [9.17, 15) is 0 Å². The maximum Gasteiger partial charge on any atom is 0.0826 e. The van der Waals surface area contributed by atoms with Crippen LogP contribution in [0.3, 0.4) is 0 Å². The Morgan fingerprint density at radius 3 is 2.82 bits per heavy atom. The van der Waals surface area contributed by atoms with Gasteiger partial charge in [0.1, 0.15) is 0 Å². The summed E-state index contributed by atoms with van der Waals surface area (Å²) in [7, 11) is 0. The van der Waals surface area contributed by atoms with Gasteiger partial charge in [-0.2, -0.15) is 0 Å². The smallest absolute Gasteiger partial charge is 0.0826 e. The average Bonchev–Trinajstić information content (AvgIpc) is 3.21. The van der Waals surface area contributed by atoms with Crippen molar-refractivity contribution in [2.45, 2.75) is 38.7 Å². The number of nitrogens with one attached hydrogen (secondary N) is 1. The highest BCUT2D eigenvalue weighted by Crippen LogP contribution is 2.60. The van der Waals surface area contributed by atoms with Crippen molar-refractivity contribution in [3.8, 4) is 0 Å². The summed E-state index contributed by atoms with van der Waals surface area (Å²) in [6, 6.07) is 0. The van der Waals surface area contributed by atoms with E-state index in [2.05, 4.69) is 17.1 Å². The van der Waals surface area contributed by atoms with Crippen molar-refractivity contribution >= 4 is 0 Å². The minimum Gasteiger partial charge on any atom is -0.374 e. The van der Waals surface area contributed by atoms with Crippen molar-refractivity contribution in [3.05, 3.63) is 0 Å². The largest absolute Gasteiger partial charge is 0.374 e. The van der Waals surface area contributed by atoms with Gasteiger partial charge in [-0.25, -0.2) is 0 Å². The molecule has 1 N–H and O–H groups in total. The molecule has 1 unspecified atom stereocenters. The van der Waals surface area contributed by atoms with E-state index in [4.69, 9.17) is 4.74 Å². The lowest BCUT2D eigenvalue weighted by atomic mass is 10.0. The fourth-order valence-electron chi connectivity index (χ4n) is 3.26. The molecule has 17 heavy (non-hydrogen) atoms. The van der Waals surface area contributed by atoms with Crippen LogP contribution in [0, 0.1) is 11.3 Å². The molecule has 1 heterocycles. The molecule has 98 valence electrons. The van der Waals surface area contributed by atoms with Crippen molar-refractivity contribution in [2.24, 2.45) is 11.3 Å². The molecule has 0 aromatic rings. The highest BCUT2D eigenvalue weighted by molar-refractivity contribution is 5.05. The maximum absolute atomic E-state index is 5.82. The summed E-state index contributed by atoms with van der Waals surface area (Å²) in [5.74, 6) is 1.06. The van der Waals surface area contributed by atoms with E-state index in [0.717, 1.165) is 44.1 Å². The summed E-state index contributed by atoms with van der Waals surface area (Å²) in [4.78, 5) is 2.49. The molecular weight excluding hydrogens is 212 g/mol. The first kappa shape index (κ1) is 11.9. The van der Waals surface area contributed by atoms with Crippen LogP contribution in [-0.4, -0.2) is 50.3 Å². The number of morpholine rings is 1. The first-order valence-corrected chi connectivity index (χ1v) is 7.37. The van der Waals surface area contributed by atoms with Crippen LogP contribution in [0.5, 0.6) is 0 Å². The predicted molar refractivity (Wildman–Crippen MR) is 69.1 cm³/mol. The molecule has 1 saturated heterocycles. The van der Waals surface area contributed by atoms with E-state index in [-0.39, 0.29) is 0 Å². The van der Waals surface area contributed by atoms with Gasteiger partial charge < -0.3 is 10.1 Å². The van der Waals surface area contributed by atoms with Gasteiger partial charge in [0, 0.05) is 26.2 Å². The Hall–Kier alpha value is -0.120. The van der Waals surface area contributed by atoms with E-state index in [1.54, 1.807) is 0 Å². The quantitative estimate of drug-likeness (QED) is 0.759. The number of nitrogens with zero attached hydrogens (tertiary/aromatic N) is 1. The molecule has 3 fully saturated rings. The lowest BCUT2D eigenvalue weighted by molar-refractivity contribution is -0.0257. The predicted octanol–water partition coefficient (Wildman–Crippen LogP) is 1.49. The van der Waals surface area contributed by atoms with Crippen LogP contribution >= 0.6 is 0 Å². The van der Waals surface area contributed by atoms with Crippen LogP contribution in [0.4, 0.5) is 0 Å². The van der Waals surface area contributed by atoms with E-state index < -0.39 is 0 Å². The molecule has 3 aliphatic rings. The molecule has 3 nitrogen and oxygen atoms in total. The van der Waals surface area contributed by atoms with E-state index in [1.165, 1.54) is 32.2 Å². The number of rotatable bonds is 6. The number of likely N-dealkylation sites (N-methyl/N-ethyl adjacent to an activating group) is 1. The normalized spacial score (nSPS) is 32.6. The molecule has 0 spiro atoms. The molecule has 0 bridgehead atoms. The summed E-state index contributed by atoms with van der Waals surface area (Å²) in [5.41, 5.74) is 0.721. The van der Waals surface area contributed by atoms with Gasteiger partial charge in [0.25, 0.3) is 0 Å². The van der Waals surface area contributed by atoms with Crippen molar-refractivity contribution in [2.75, 3.05) is 39.3 Å². The van der Waals surface area contributed by atoms with E-state index >= 15 is 0 Å². The van der Waals surface area contributed by atoms with Crippen LogP contribution in [0.1, 0.15) is 32.6 Å². The van der Waals surface area contributed by atoms with Crippen LogP contribution in [0.25, 0.3) is 0 Å². The maximum atomic E-state index is 5.82. The van der Waals surface area contributed by atoms with Crippen LogP contribution in [0.15, 0.2) is 0 Å². The Bertz CT molecular complexity index is 261. The fourth-order valence-corrected chi connectivity index (χ4v) is 3.26. The molecule has 1 atom stereocenters. The summed E-state index contributed by atoms with van der Waals surface area (Å²) in [6.07, 6.45) is 6.34.